The first-order valence-corrected chi connectivity index (χ1v) is 6.42. The zero-order valence-electron chi connectivity index (χ0n) is 9.02. The highest BCUT2D eigenvalue weighted by molar-refractivity contribution is 7.99. The van der Waals surface area contributed by atoms with Crippen LogP contribution in [-0.2, 0) is 6.54 Å². The summed E-state index contributed by atoms with van der Waals surface area (Å²) in [6, 6.07) is 4.69. The van der Waals surface area contributed by atoms with Crippen LogP contribution in [-0.4, -0.2) is 29.6 Å². The summed E-state index contributed by atoms with van der Waals surface area (Å²) in [6.45, 7) is 0.586. The minimum atomic E-state index is 0.586. The van der Waals surface area contributed by atoms with Crippen molar-refractivity contribution in [3.63, 3.8) is 0 Å². The average molecular weight is 223 g/mol. The fourth-order valence-electron chi connectivity index (χ4n) is 1.80. The van der Waals surface area contributed by atoms with Gasteiger partial charge in [-0.25, -0.2) is 4.98 Å². The van der Waals surface area contributed by atoms with E-state index < -0.39 is 0 Å². The van der Waals surface area contributed by atoms with E-state index in [1.54, 1.807) is 0 Å². The quantitative estimate of drug-likeness (QED) is 0.843. The Balaban J connectivity index is 2.13. The van der Waals surface area contributed by atoms with Gasteiger partial charge in [-0.05, 0) is 29.9 Å². The van der Waals surface area contributed by atoms with Gasteiger partial charge in [-0.1, -0.05) is 0 Å². The van der Waals surface area contributed by atoms with Gasteiger partial charge in [0.2, 0.25) is 0 Å². The lowest BCUT2D eigenvalue weighted by molar-refractivity contribution is 0.691. The van der Waals surface area contributed by atoms with Crippen LogP contribution in [0.4, 0.5) is 5.82 Å². The largest absolute Gasteiger partial charge is 0.356 e. The van der Waals surface area contributed by atoms with Gasteiger partial charge in [-0.3, -0.25) is 0 Å². The van der Waals surface area contributed by atoms with E-state index in [4.69, 9.17) is 5.73 Å². The van der Waals surface area contributed by atoms with Crippen LogP contribution in [0.5, 0.6) is 0 Å². The van der Waals surface area contributed by atoms with Crippen LogP contribution in [0.15, 0.2) is 18.3 Å². The Morgan fingerprint density at radius 2 is 2.53 bits per heavy atom. The summed E-state index contributed by atoms with van der Waals surface area (Å²) < 4.78 is 0. The molecular formula is C11H17N3S. The number of nitrogens with two attached hydrogens (primary N) is 1. The Bertz CT molecular complexity index is 323. The summed E-state index contributed by atoms with van der Waals surface area (Å²) in [4.78, 5) is 6.67. The molecule has 1 saturated heterocycles. The van der Waals surface area contributed by atoms with E-state index in [0.717, 1.165) is 11.4 Å². The predicted octanol–water partition coefficient (Wildman–Crippen LogP) is 1.48. The van der Waals surface area contributed by atoms with Crippen molar-refractivity contribution >= 4 is 17.6 Å². The van der Waals surface area contributed by atoms with Crippen molar-refractivity contribution in [2.45, 2.75) is 19.0 Å². The van der Waals surface area contributed by atoms with Crippen LogP contribution < -0.4 is 10.6 Å². The smallest absolute Gasteiger partial charge is 0.128 e. The van der Waals surface area contributed by atoms with Crippen LogP contribution in [0.1, 0.15) is 12.0 Å². The molecule has 1 fully saturated rings. The van der Waals surface area contributed by atoms with Crippen molar-refractivity contribution in [3.05, 3.63) is 23.9 Å². The van der Waals surface area contributed by atoms with Crippen LogP contribution in [0, 0.1) is 0 Å². The number of hydrogen-bond donors (Lipinski definition) is 1. The zero-order chi connectivity index (χ0) is 10.7. The fraction of sp³-hybridized carbons (Fsp3) is 0.545. The minimum absolute atomic E-state index is 0.586. The van der Waals surface area contributed by atoms with Crippen molar-refractivity contribution < 1.29 is 0 Å². The first-order valence-electron chi connectivity index (χ1n) is 5.27. The maximum Gasteiger partial charge on any atom is 0.128 e. The van der Waals surface area contributed by atoms with E-state index in [-0.39, 0.29) is 0 Å². The highest BCUT2D eigenvalue weighted by atomic mass is 32.2. The molecule has 0 saturated carbocycles. The number of rotatable bonds is 3. The van der Waals surface area contributed by atoms with Gasteiger partial charge in [0, 0.05) is 31.6 Å². The number of nitrogens with zero attached hydrogens (tertiary/aromatic N) is 2. The third-order valence-electron chi connectivity index (χ3n) is 2.86. The van der Waals surface area contributed by atoms with Crippen molar-refractivity contribution in [2.24, 2.45) is 5.73 Å². The summed E-state index contributed by atoms with van der Waals surface area (Å²) in [5.74, 6) is 3.53. The monoisotopic (exact) mass is 223 g/mol. The molecular weight excluding hydrogens is 206 g/mol. The summed E-state index contributed by atoms with van der Waals surface area (Å²) >= 11 is 2.02. The molecule has 1 unspecified atom stereocenters. The summed E-state index contributed by atoms with van der Waals surface area (Å²) in [5.41, 5.74) is 6.77. The van der Waals surface area contributed by atoms with Crippen LogP contribution in [0.25, 0.3) is 0 Å². The van der Waals surface area contributed by atoms with Gasteiger partial charge in [0.05, 0.1) is 0 Å². The van der Waals surface area contributed by atoms with E-state index in [2.05, 4.69) is 23.0 Å². The number of anilines is 1. The maximum absolute atomic E-state index is 5.62. The normalized spacial score (nSPS) is 20.5. The standard InChI is InChI=1S/C11H17N3S/c1-14(10-3-5-15-8-10)11-6-9(7-12)2-4-13-11/h2,4,6,10H,3,5,7-8,12H2,1H3. The molecule has 1 aromatic heterocycles. The van der Waals surface area contributed by atoms with E-state index in [9.17, 15) is 0 Å². The SMILES string of the molecule is CN(c1cc(CN)ccn1)C1CCSC1. The number of thioether (sulfide) groups is 1. The van der Waals surface area contributed by atoms with Crippen molar-refractivity contribution in [1.82, 2.24) is 4.98 Å². The molecule has 2 heterocycles. The maximum atomic E-state index is 5.62. The Morgan fingerprint density at radius 3 is 3.20 bits per heavy atom. The molecule has 1 aliphatic heterocycles. The molecule has 0 spiro atoms. The molecule has 0 amide bonds. The van der Waals surface area contributed by atoms with Crippen molar-refractivity contribution in [2.75, 3.05) is 23.5 Å². The highest BCUT2D eigenvalue weighted by Gasteiger charge is 2.20. The topological polar surface area (TPSA) is 42.1 Å². The Labute approximate surface area is 95.1 Å². The van der Waals surface area contributed by atoms with Gasteiger partial charge in [-0.2, -0.15) is 11.8 Å². The van der Waals surface area contributed by atoms with Gasteiger partial charge >= 0.3 is 0 Å². The third-order valence-corrected chi connectivity index (χ3v) is 4.01. The predicted molar refractivity (Wildman–Crippen MR) is 66.3 cm³/mol. The van der Waals surface area contributed by atoms with E-state index in [1.807, 2.05) is 24.0 Å². The second kappa shape index (κ2) is 4.86. The molecule has 2 N–H and O–H groups in total. The molecule has 0 aromatic carbocycles. The number of pyridine rings is 1. The molecule has 0 bridgehead atoms. The van der Waals surface area contributed by atoms with E-state index >= 15 is 0 Å². The van der Waals surface area contributed by atoms with Gasteiger partial charge in [-0.15, -0.1) is 0 Å². The lowest BCUT2D eigenvalue weighted by atomic mass is 10.2. The van der Waals surface area contributed by atoms with Gasteiger partial charge in [0.25, 0.3) is 0 Å². The molecule has 82 valence electrons. The average Bonchev–Trinajstić information content (AvgIpc) is 2.81. The molecule has 0 aliphatic carbocycles. The molecule has 0 radical (unpaired) electrons. The van der Waals surface area contributed by atoms with E-state index in [1.165, 1.54) is 17.9 Å². The summed E-state index contributed by atoms with van der Waals surface area (Å²) in [6.07, 6.45) is 3.10. The molecule has 3 nitrogen and oxygen atoms in total. The van der Waals surface area contributed by atoms with E-state index in [0.29, 0.717) is 12.6 Å². The van der Waals surface area contributed by atoms with Crippen LogP contribution >= 0.6 is 11.8 Å². The second-order valence-corrected chi connectivity index (χ2v) is 5.00. The Morgan fingerprint density at radius 1 is 1.67 bits per heavy atom. The van der Waals surface area contributed by atoms with Crippen LogP contribution in [0.2, 0.25) is 0 Å². The van der Waals surface area contributed by atoms with Gasteiger partial charge in [0.1, 0.15) is 5.82 Å². The molecule has 2 rings (SSSR count). The van der Waals surface area contributed by atoms with Crippen molar-refractivity contribution in [3.8, 4) is 0 Å². The molecule has 1 atom stereocenters. The zero-order valence-corrected chi connectivity index (χ0v) is 9.83. The lowest BCUT2D eigenvalue weighted by Crippen LogP contribution is -2.32. The molecule has 1 aromatic rings. The van der Waals surface area contributed by atoms with Gasteiger partial charge < -0.3 is 10.6 Å². The third kappa shape index (κ3) is 2.44. The number of hydrogen-bond acceptors (Lipinski definition) is 4. The van der Waals surface area contributed by atoms with Crippen molar-refractivity contribution in [1.29, 1.82) is 0 Å². The van der Waals surface area contributed by atoms with Crippen LogP contribution in [0.3, 0.4) is 0 Å². The molecule has 4 heteroatoms. The van der Waals surface area contributed by atoms with Gasteiger partial charge in [0.15, 0.2) is 0 Å². The first kappa shape index (κ1) is 10.8. The minimum Gasteiger partial charge on any atom is -0.356 e. The summed E-state index contributed by atoms with van der Waals surface area (Å²) in [5, 5.41) is 0. The molecule has 15 heavy (non-hydrogen) atoms. The Hall–Kier alpha value is -0.740. The fourth-order valence-corrected chi connectivity index (χ4v) is 3.06. The molecule has 1 aliphatic rings. The lowest BCUT2D eigenvalue weighted by Gasteiger charge is -2.25. The Kier molecular flexibility index (Phi) is 3.49. The first-order chi connectivity index (χ1) is 7.31. The summed E-state index contributed by atoms with van der Waals surface area (Å²) in [7, 11) is 2.12. The highest BCUT2D eigenvalue weighted by Crippen LogP contribution is 2.24. The second-order valence-electron chi connectivity index (χ2n) is 3.85. The number of aromatic nitrogens is 1.